The van der Waals surface area contributed by atoms with Crippen molar-refractivity contribution in [3.63, 3.8) is 0 Å². The van der Waals surface area contributed by atoms with Crippen LogP contribution in [0.15, 0.2) is 60.9 Å². The number of aliphatic carboxylic acids is 1. The molecule has 3 aromatic rings. The van der Waals surface area contributed by atoms with Gasteiger partial charge in [0.05, 0.1) is 0 Å². The second kappa shape index (κ2) is 6.39. The Morgan fingerprint density at radius 3 is 2.64 bits per heavy atom. The number of hydrogen-bond donors (Lipinski definition) is 1. The number of aryl methyl sites for hydroxylation is 1. The second-order valence-corrected chi connectivity index (χ2v) is 5.35. The van der Waals surface area contributed by atoms with Gasteiger partial charge in [0, 0.05) is 18.8 Å². The Bertz CT molecular complexity index is 806. The van der Waals surface area contributed by atoms with E-state index in [1.807, 2.05) is 24.4 Å². The van der Waals surface area contributed by atoms with E-state index in [9.17, 15) is 4.79 Å². The Kier molecular flexibility index (Phi) is 4.15. The number of fused-ring (bicyclic) bond motifs is 1. The normalized spacial score (nSPS) is 10.7. The first kappa shape index (κ1) is 14.3. The molecule has 0 unspecified atom stereocenters. The first-order valence-corrected chi connectivity index (χ1v) is 7.34. The molecular formula is C19H17NO2. The quantitative estimate of drug-likeness (QED) is 0.777. The van der Waals surface area contributed by atoms with Crippen LogP contribution in [0.1, 0.15) is 23.1 Å². The van der Waals surface area contributed by atoms with Crippen molar-refractivity contribution in [1.29, 1.82) is 0 Å². The van der Waals surface area contributed by atoms with Gasteiger partial charge in [0.2, 0.25) is 0 Å². The Hall–Kier alpha value is -2.68. The topological polar surface area (TPSA) is 50.2 Å². The molecule has 0 aliphatic rings. The minimum Gasteiger partial charge on any atom is -0.481 e. The molecule has 0 bridgehead atoms. The Morgan fingerprint density at radius 2 is 1.77 bits per heavy atom. The van der Waals surface area contributed by atoms with Crippen LogP contribution in [-0.2, 0) is 17.6 Å². The highest BCUT2D eigenvalue weighted by Gasteiger charge is 2.08. The molecule has 0 aliphatic carbocycles. The van der Waals surface area contributed by atoms with Crippen molar-refractivity contribution in [1.82, 2.24) is 4.98 Å². The molecule has 0 amide bonds. The van der Waals surface area contributed by atoms with E-state index >= 15 is 0 Å². The molecule has 0 aliphatic heterocycles. The molecular weight excluding hydrogens is 274 g/mol. The summed E-state index contributed by atoms with van der Waals surface area (Å²) in [7, 11) is 0. The lowest BCUT2D eigenvalue weighted by Crippen LogP contribution is -2.02. The Morgan fingerprint density at radius 1 is 0.955 bits per heavy atom. The predicted molar refractivity (Wildman–Crippen MR) is 86.9 cm³/mol. The summed E-state index contributed by atoms with van der Waals surface area (Å²) in [5, 5.41) is 11.3. The Balaban J connectivity index is 1.93. The summed E-state index contributed by atoms with van der Waals surface area (Å²) in [5.41, 5.74) is 3.40. The summed E-state index contributed by atoms with van der Waals surface area (Å²) in [6.45, 7) is 0. The van der Waals surface area contributed by atoms with Gasteiger partial charge in [-0.2, -0.15) is 0 Å². The molecule has 0 atom stereocenters. The number of rotatable bonds is 5. The second-order valence-electron chi connectivity index (χ2n) is 5.35. The summed E-state index contributed by atoms with van der Waals surface area (Å²) in [4.78, 5) is 15.0. The molecule has 3 heteroatoms. The van der Waals surface area contributed by atoms with E-state index in [1.165, 1.54) is 16.3 Å². The van der Waals surface area contributed by atoms with Crippen LogP contribution >= 0.6 is 0 Å². The standard InChI is InChI=1S/C19H17NO2/c21-19(22)9-8-14-10-11-20-13-17(14)12-16-6-3-5-15-4-1-2-7-18(15)16/h1-7,10-11,13H,8-9,12H2,(H,21,22). The minimum absolute atomic E-state index is 0.145. The van der Waals surface area contributed by atoms with Crippen molar-refractivity contribution in [3.05, 3.63) is 77.6 Å². The maximum Gasteiger partial charge on any atom is 0.303 e. The molecule has 2 aromatic carbocycles. The molecule has 0 saturated heterocycles. The average molecular weight is 291 g/mol. The highest BCUT2D eigenvalue weighted by Crippen LogP contribution is 2.22. The average Bonchev–Trinajstić information content (AvgIpc) is 2.54. The molecule has 3 rings (SSSR count). The van der Waals surface area contributed by atoms with Crippen molar-refractivity contribution in [3.8, 4) is 0 Å². The molecule has 0 radical (unpaired) electrons. The molecule has 3 nitrogen and oxygen atoms in total. The monoisotopic (exact) mass is 291 g/mol. The summed E-state index contributed by atoms with van der Waals surface area (Å²) < 4.78 is 0. The minimum atomic E-state index is -0.770. The molecule has 22 heavy (non-hydrogen) atoms. The van der Waals surface area contributed by atoms with Crippen LogP contribution in [0.4, 0.5) is 0 Å². The molecule has 0 spiro atoms. The van der Waals surface area contributed by atoms with E-state index in [1.54, 1.807) is 6.20 Å². The van der Waals surface area contributed by atoms with Crippen molar-refractivity contribution in [2.75, 3.05) is 0 Å². The van der Waals surface area contributed by atoms with E-state index in [0.717, 1.165) is 17.5 Å². The number of benzene rings is 2. The molecule has 1 aromatic heterocycles. The van der Waals surface area contributed by atoms with Crippen LogP contribution in [0.2, 0.25) is 0 Å². The molecule has 1 heterocycles. The zero-order valence-electron chi connectivity index (χ0n) is 12.2. The highest BCUT2D eigenvalue weighted by molar-refractivity contribution is 5.85. The summed E-state index contributed by atoms with van der Waals surface area (Å²) in [6, 6.07) is 16.5. The van der Waals surface area contributed by atoms with Gasteiger partial charge in [-0.3, -0.25) is 9.78 Å². The largest absolute Gasteiger partial charge is 0.481 e. The maximum atomic E-state index is 10.8. The van der Waals surface area contributed by atoms with E-state index < -0.39 is 5.97 Å². The van der Waals surface area contributed by atoms with Crippen molar-refractivity contribution in [2.24, 2.45) is 0 Å². The van der Waals surface area contributed by atoms with Crippen molar-refractivity contribution in [2.45, 2.75) is 19.3 Å². The third-order valence-electron chi connectivity index (χ3n) is 3.87. The van der Waals surface area contributed by atoms with E-state index in [2.05, 4.69) is 35.3 Å². The predicted octanol–water partition coefficient (Wildman–Crippen LogP) is 3.84. The lowest BCUT2D eigenvalue weighted by molar-refractivity contribution is -0.136. The lowest BCUT2D eigenvalue weighted by atomic mass is 9.95. The van der Waals surface area contributed by atoms with Crippen LogP contribution in [0.5, 0.6) is 0 Å². The zero-order valence-corrected chi connectivity index (χ0v) is 12.2. The van der Waals surface area contributed by atoms with Crippen LogP contribution in [0.25, 0.3) is 10.8 Å². The fraction of sp³-hybridized carbons (Fsp3) is 0.158. The van der Waals surface area contributed by atoms with Crippen LogP contribution in [-0.4, -0.2) is 16.1 Å². The number of carboxylic acids is 1. The van der Waals surface area contributed by atoms with E-state index in [4.69, 9.17) is 5.11 Å². The van der Waals surface area contributed by atoms with Gasteiger partial charge in [0.25, 0.3) is 0 Å². The van der Waals surface area contributed by atoms with Crippen molar-refractivity contribution >= 4 is 16.7 Å². The first-order valence-electron chi connectivity index (χ1n) is 7.34. The van der Waals surface area contributed by atoms with Crippen LogP contribution < -0.4 is 0 Å². The number of hydrogen-bond acceptors (Lipinski definition) is 2. The van der Waals surface area contributed by atoms with Gasteiger partial charge in [-0.25, -0.2) is 0 Å². The number of nitrogens with zero attached hydrogens (tertiary/aromatic N) is 1. The maximum absolute atomic E-state index is 10.8. The molecule has 110 valence electrons. The first-order chi connectivity index (χ1) is 10.7. The SMILES string of the molecule is O=C(O)CCc1ccncc1Cc1cccc2ccccc12. The fourth-order valence-electron chi connectivity index (χ4n) is 2.75. The lowest BCUT2D eigenvalue weighted by Gasteiger charge is -2.10. The Labute approximate surface area is 129 Å². The van der Waals surface area contributed by atoms with Crippen LogP contribution in [0.3, 0.4) is 0 Å². The summed E-state index contributed by atoms with van der Waals surface area (Å²) in [5.74, 6) is -0.770. The van der Waals surface area contributed by atoms with Gasteiger partial charge >= 0.3 is 5.97 Å². The van der Waals surface area contributed by atoms with Gasteiger partial charge in [0.1, 0.15) is 0 Å². The van der Waals surface area contributed by atoms with Gasteiger partial charge in [-0.05, 0) is 46.4 Å². The number of carboxylic acid groups (broad SMARTS) is 1. The summed E-state index contributed by atoms with van der Waals surface area (Å²) >= 11 is 0. The van der Waals surface area contributed by atoms with E-state index in [-0.39, 0.29) is 6.42 Å². The number of carbonyl (C=O) groups is 1. The summed E-state index contributed by atoms with van der Waals surface area (Å²) in [6.07, 6.45) is 5.03. The van der Waals surface area contributed by atoms with Crippen molar-refractivity contribution < 1.29 is 9.90 Å². The van der Waals surface area contributed by atoms with E-state index in [0.29, 0.717) is 6.42 Å². The highest BCUT2D eigenvalue weighted by atomic mass is 16.4. The van der Waals surface area contributed by atoms with Gasteiger partial charge in [-0.1, -0.05) is 42.5 Å². The molecule has 0 saturated carbocycles. The third-order valence-corrected chi connectivity index (χ3v) is 3.87. The fourth-order valence-corrected chi connectivity index (χ4v) is 2.75. The molecule has 0 fully saturated rings. The number of pyridine rings is 1. The smallest absolute Gasteiger partial charge is 0.303 e. The van der Waals surface area contributed by atoms with Gasteiger partial charge in [-0.15, -0.1) is 0 Å². The van der Waals surface area contributed by atoms with Gasteiger partial charge < -0.3 is 5.11 Å². The van der Waals surface area contributed by atoms with Crippen LogP contribution in [0, 0.1) is 0 Å². The van der Waals surface area contributed by atoms with Gasteiger partial charge in [0.15, 0.2) is 0 Å². The third kappa shape index (κ3) is 3.14. The zero-order chi connectivity index (χ0) is 15.4. The number of aromatic nitrogens is 1. The molecule has 1 N–H and O–H groups in total.